The molecule has 0 aliphatic heterocycles. The highest BCUT2D eigenvalue weighted by Gasteiger charge is 2.09. The summed E-state index contributed by atoms with van der Waals surface area (Å²) in [7, 11) is 0. The van der Waals surface area contributed by atoms with Gasteiger partial charge < -0.3 is 9.15 Å². The molecule has 1 heterocycles. The zero-order valence-corrected chi connectivity index (χ0v) is 10.5. The minimum atomic E-state index is -0.434. The second kappa shape index (κ2) is 4.70. The van der Waals surface area contributed by atoms with Crippen molar-refractivity contribution in [3.05, 3.63) is 63.8 Å². The maximum absolute atomic E-state index is 11.9. The molecule has 0 spiro atoms. The van der Waals surface area contributed by atoms with Gasteiger partial charge in [0.2, 0.25) is 0 Å². The molecule has 5 heteroatoms. The average Bonchev–Trinajstić information content (AvgIpc) is 2.79. The maximum atomic E-state index is 11.9. The van der Waals surface area contributed by atoms with Crippen molar-refractivity contribution in [2.75, 3.05) is 0 Å². The van der Waals surface area contributed by atoms with Crippen LogP contribution in [0.2, 0.25) is 0 Å². The molecule has 3 aromatic rings. The van der Waals surface area contributed by atoms with Gasteiger partial charge in [-0.25, -0.2) is 9.59 Å². The maximum Gasteiger partial charge on any atom is 0.396 e. The Morgan fingerprint density at radius 1 is 1.11 bits per heavy atom. The molecule has 0 saturated heterocycles. The van der Waals surface area contributed by atoms with Crippen LogP contribution in [0.3, 0.4) is 0 Å². The van der Waals surface area contributed by atoms with Crippen LogP contribution in [0, 0.1) is 0 Å². The fourth-order valence-electron chi connectivity index (χ4n) is 1.66. The fourth-order valence-corrected chi connectivity index (χ4v) is 2.35. The molecular formula is C14H8O4S. The van der Waals surface area contributed by atoms with Crippen LogP contribution in [-0.2, 0) is 0 Å². The van der Waals surface area contributed by atoms with Gasteiger partial charge >= 0.3 is 10.9 Å². The van der Waals surface area contributed by atoms with Crippen molar-refractivity contribution >= 4 is 27.6 Å². The summed E-state index contributed by atoms with van der Waals surface area (Å²) < 4.78 is 10.8. The van der Waals surface area contributed by atoms with Crippen molar-refractivity contribution < 1.29 is 13.9 Å². The van der Waals surface area contributed by atoms with E-state index in [1.54, 1.807) is 42.5 Å². The molecule has 0 unspecified atom stereocenters. The lowest BCUT2D eigenvalue weighted by Gasteiger charge is -2.03. The third kappa shape index (κ3) is 2.41. The Balaban J connectivity index is 1.89. The van der Waals surface area contributed by atoms with Crippen molar-refractivity contribution in [1.29, 1.82) is 0 Å². The quantitative estimate of drug-likeness (QED) is 0.531. The minimum absolute atomic E-state index is 0.374. The van der Waals surface area contributed by atoms with E-state index >= 15 is 0 Å². The van der Waals surface area contributed by atoms with Gasteiger partial charge in [0.15, 0.2) is 0 Å². The van der Waals surface area contributed by atoms with Crippen LogP contribution in [0.1, 0.15) is 10.4 Å². The molecule has 4 nitrogen and oxygen atoms in total. The lowest BCUT2D eigenvalue weighted by molar-refractivity contribution is 0.0735. The predicted molar refractivity (Wildman–Crippen MR) is 71.8 cm³/mol. The predicted octanol–water partition coefficient (Wildman–Crippen LogP) is 3.07. The van der Waals surface area contributed by atoms with Crippen molar-refractivity contribution in [3.8, 4) is 5.75 Å². The summed E-state index contributed by atoms with van der Waals surface area (Å²) in [6.45, 7) is 0. The summed E-state index contributed by atoms with van der Waals surface area (Å²) in [6.07, 6.45) is 0. The van der Waals surface area contributed by atoms with Gasteiger partial charge in [0.25, 0.3) is 0 Å². The number of carbonyl (C=O) groups is 1. The first kappa shape index (κ1) is 11.7. The van der Waals surface area contributed by atoms with Crippen molar-refractivity contribution in [1.82, 2.24) is 0 Å². The summed E-state index contributed by atoms with van der Waals surface area (Å²) in [4.78, 5) is 22.6. The van der Waals surface area contributed by atoms with Gasteiger partial charge in [0, 0.05) is 6.07 Å². The summed E-state index contributed by atoms with van der Waals surface area (Å²) in [5.41, 5.74) is 0.970. The van der Waals surface area contributed by atoms with E-state index in [9.17, 15) is 9.59 Å². The van der Waals surface area contributed by atoms with Crippen LogP contribution >= 0.6 is 11.3 Å². The van der Waals surface area contributed by atoms with Crippen molar-refractivity contribution in [2.45, 2.75) is 0 Å². The zero-order chi connectivity index (χ0) is 13.2. The van der Waals surface area contributed by atoms with Crippen LogP contribution in [0.5, 0.6) is 5.75 Å². The second-order valence-corrected chi connectivity index (χ2v) is 4.80. The zero-order valence-electron chi connectivity index (χ0n) is 9.66. The summed E-state index contributed by atoms with van der Waals surface area (Å²) in [5, 5.41) is 0. The van der Waals surface area contributed by atoms with Crippen molar-refractivity contribution in [3.63, 3.8) is 0 Å². The van der Waals surface area contributed by atoms with Crippen LogP contribution in [0.25, 0.3) is 10.3 Å². The minimum Gasteiger partial charge on any atom is -0.423 e. The normalized spacial score (nSPS) is 10.5. The molecule has 0 saturated carbocycles. The fraction of sp³-hybridized carbons (Fsp3) is 0. The molecule has 0 bridgehead atoms. The summed E-state index contributed by atoms with van der Waals surface area (Å²) >= 11 is 0.976. The largest absolute Gasteiger partial charge is 0.423 e. The Morgan fingerprint density at radius 2 is 1.89 bits per heavy atom. The molecule has 3 rings (SSSR count). The Labute approximate surface area is 111 Å². The van der Waals surface area contributed by atoms with Crippen LogP contribution in [0.4, 0.5) is 0 Å². The molecule has 0 aliphatic carbocycles. The monoisotopic (exact) mass is 272 g/mol. The van der Waals surface area contributed by atoms with E-state index in [4.69, 9.17) is 9.15 Å². The van der Waals surface area contributed by atoms with Crippen LogP contribution in [-0.4, -0.2) is 5.97 Å². The van der Waals surface area contributed by atoms with Gasteiger partial charge in [-0.05, 0) is 24.3 Å². The lowest BCUT2D eigenvalue weighted by atomic mass is 10.2. The number of ether oxygens (including phenoxy) is 1. The highest BCUT2D eigenvalue weighted by Crippen LogP contribution is 2.23. The molecule has 2 aromatic carbocycles. The number of rotatable bonds is 2. The molecule has 0 N–H and O–H groups in total. The van der Waals surface area contributed by atoms with Gasteiger partial charge in [-0.15, -0.1) is 0 Å². The van der Waals surface area contributed by atoms with Gasteiger partial charge in [-0.3, -0.25) is 0 Å². The smallest absolute Gasteiger partial charge is 0.396 e. The first-order valence-corrected chi connectivity index (χ1v) is 6.35. The molecule has 94 valence electrons. The number of benzene rings is 2. The van der Waals surface area contributed by atoms with E-state index in [-0.39, 0.29) is 4.94 Å². The number of carbonyl (C=O) groups excluding carboxylic acids is 1. The first-order chi connectivity index (χ1) is 9.22. The number of hydrogen-bond donors (Lipinski definition) is 0. The number of esters is 1. The van der Waals surface area contributed by atoms with Gasteiger partial charge in [-0.1, -0.05) is 29.5 Å². The van der Waals surface area contributed by atoms with E-state index in [0.717, 1.165) is 11.3 Å². The molecular weight excluding hydrogens is 264 g/mol. The molecule has 1 aromatic heterocycles. The lowest BCUT2D eigenvalue weighted by Crippen LogP contribution is -2.07. The summed E-state index contributed by atoms with van der Waals surface area (Å²) in [5.74, 6) is -0.0470. The molecule has 0 amide bonds. The molecule has 19 heavy (non-hydrogen) atoms. The van der Waals surface area contributed by atoms with Crippen molar-refractivity contribution in [2.24, 2.45) is 0 Å². The van der Waals surface area contributed by atoms with Gasteiger partial charge in [0.05, 0.1) is 10.3 Å². The molecule has 0 radical (unpaired) electrons. The Bertz CT molecular complexity index is 786. The highest BCUT2D eigenvalue weighted by molar-refractivity contribution is 7.16. The highest BCUT2D eigenvalue weighted by atomic mass is 32.1. The van der Waals surface area contributed by atoms with E-state index in [1.807, 2.05) is 6.07 Å². The molecule has 0 fully saturated rings. The third-order valence-electron chi connectivity index (χ3n) is 2.52. The summed E-state index contributed by atoms with van der Waals surface area (Å²) in [6, 6.07) is 13.5. The Kier molecular flexibility index (Phi) is 2.89. The second-order valence-electron chi connectivity index (χ2n) is 3.82. The topological polar surface area (TPSA) is 56.5 Å². The number of fused-ring (bicyclic) bond motifs is 1. The Hall–Kier alpha value is -2.40. The van der Waals surface area contributed by atoms with Crippen LogP contribution in [0.15, 0.2) is 57.7 Å². The van der Waals surface area contributed by atoms with Gasteiger partial charge in [0.1, 0.15) is 11.3 Å². The molecule has 0 aliphatic rings. The standard InChI is InChI=1S/C14H8O4S/c15-13(9-4-2-1-3-5-9)17-10-6-7-11-12(8-10)19-14(16)18-11/h1-8H. The van der Waals surface area contributed by atoms with E-state index in [0.29, 0.717) is 21.6 Å². The van der Waals surface area contributed by atoms with E-state index in [1.165, 1.54) is 0 Å². The van der Waals surface area contributed by atoms with Crippen LogP contribution < -0.4 is 9.68 Å². The Morgan fingerprint density at radius 3 is 2.68 bits per heavy atom. The van der Waals surface area contributed by atoms with E-state index < -0.39 is 5.97 Å². The van der Waals surface area contributed by atoms with Gasteiger partial charge in [-0.2, -0.15) is 0 Å². The molecule has 0 atom stereocenters. The third-order valence-corrected chi connectivity index (χ3v) is 3.31. The van der Waals surface area contributed by atoms with E-state index in [2.05, 4.69) is 0 Å². The SMILES string of the molecule is O=C(Oc1ccc2oc(=O)sc2c1)c1ccccc1. The average molecular weight is 272 g/mol. The first-order valence-electron chi connectivity index (χ1n) is 5.53. The number of hydrogen-bond acceptors (Lipinski definition) is 5.